The summed E-state index contributed by atoms with van der Waals surface area (Å²) in [6, 6.07) is 0. The lowest BCUT2D eigenvalue weighted by molar-refractivity contribution is 0.0850. The average Bonchev–Trinajstić information content (AvgIpc) is 2.40. The number of rotatable bonds is 15. The van der Waals surface area contributed by atoms with Crippen LogP contribution in [0.5, 0.6) is 0 Å². The van der Waals surface area contributed by atoms with Gasteiger partial charge in [-0.05, 0) is 26.1 Å². The van der Waals surface area contributed by atoms with Gasteiger partial charge in [-0.3, -0.25) is 0 Å². The molecular weight excluding hydrogens is 266 g/mol. The third-order valence-corrected chi connectivity index (χ3v) is 4.58. The number of thioether (sulfide) groups is 1. The number of hydrogen-bond acceptors (Lipinski definition) is 3. The minimum Gasteiger partial charge on any atom is -0.388 e. The van der Waals surface area contributed by atoms with E-state index in [1.54, 1.807) is 11.8 Å². The van der Waals surface area contributed by atoms with E-state index in [0.29, 0.717) is 6.54 Å². The fourth-order valence-corrected chi connectivity index (χ4v) is 3.18. The smallest absolute Gasteiger partial charge is 0.0833 e. The third-order valence-electron chi connectivity index (χ3n) is 3.67. The predicted octanol–water partition coefficient (Wildman–Crippen LogP) is 4.61. The van der Waals surface area contributed by atoms with Crippen LogP contribution in [0.25, 0.3) is 0 Å². The fourth-order valence-electron chi connectivity index (χ4n) is 2.46. The zero-order valence-electron chi connectivity index (χ0n) is 14.0. The Morgan fingerprint density at radius 2 is 1.40 bits per heavy atom. The van der Waals surface area contributed by atoms with Crippen LogP contribution in [0.1, 0.15) is 78.1 Å². The van der Waals surface area contributed by atoms with Crippen molar-refractivity contribution >= 4 is 11.8 Å². The van der Waals surface area contributed by atoms with Crippen molar-refractivity contribution in [3.05, 3.63) is 0 Å². The summed E-state index contributed by atoms with van der Waals surface area (Å²) < 4.78 is 0. The van der Waals surface area contributed by atoms with E-state index >= 15 is 0 Å². The van der Waals surface area contributed by atoms with Crippen LogP contribution in [0, 0.1) is 0 Å². The van der Waals surface area contributed by atoms with Gasteiger partial charge in [0, 0.05) is 12.3 Å². The summed E-state index contributed by atoms with van der Waals surface area (Å²) in [5.41, 5.74) is -0.558. The van der Waals surface area contributed by atoms with Crippen molar-refractivity contribution in [2.24, 2.45) is 0 Å². The van der Waals surface area contributed by atoms with Crippen LogP contribution in [0.3, 0.4) is 0 Å². The summed E-state index contributed by atoms with van der Waals surface area (Å²) in [6.07, 6.45) is 15.8. The molecule has 0 aromatic carbocycles. The minimum absolute atomic E-state index is 0.558. The van der Waals surface area contributed by atoms with Crippen molar-refractivity contribution in [3.8, 4) is 0 Å². The molecule has 20 heavy (non-hydrogen) atoms. The summed E-state index contributed by atoms with van der Waals surface area (Å²) in [5, 5.41) is 13.4. The van der Waals surface area contributed by atoms with Gasteiger partial charge in [0.05, 0.1) is 5.60 Å². The highest BCUT2D eigenvalue weighted by molar-refractivity contribution is 7.98. The standard InChI is InChI=1S/C17H37NOS/c1-4-5-6-7-8-9-10-11-12-13-14-18-15-17(2,19)16-20-3/h18-19H,4-16H2,1-3H3. The van der Waals surface area contributed by atoms with Crippen molar-refractivity contribution in [1.29, 1.82) is 0 Å². The molecule has 1 atom stereocenters. The lowest BCUT2D eigenvalue weighted by Gasteiger charge is -2.22. The van der Waals surface area contributed by atoms with E-state index in [9.17, 15) is 5.11 Å². The van der Waals surface area contributed by atoms with Crippen LogP contribution in [0.15, 0.2) is 0 Å². The van der Waals surface area contributed by atoms with Gasteiger partial charge in [0.1, 0.15) is 0 Å². The SMILES string of the molecule is CCCCCCCCCCCCNCC(C)(O)CSC. The Morgan fingerprint density at radius 1 is 0.900 bits per heavy atom. The van der Waals surface area contributed by atoms with Crippen molar-refractivity contribution in [3.63, 3.8) is 0 Å². The first-order valence-corrected chi connectivity index (χ1v) is 9.94. The lowest BCUT2D eigenvalue weighted by Crippen LogP contribution is -2.40. The molecule has 0 rings (SSSR count). The van der Waals surface area contributed by atoms with Crippen molar-refractivity contribution in [1.82, 2.24) is 5.32 Å². The summed E-state index contributed by atoms with van der Waals surface area (Å²) in [4.78, 5) is 0. The maximum Gasteiger partial charge on any atom is 0.0833 e. The van der Waals surface area contributed by atoms with Gasteiger partial charge in [-0.2, -0.15) is 11.8 Å². The van der Waals surface area contributed by atoms with E-state index in [1.165, 1.54) is 64.2 Å². The molecule has 122 valence electrons. The van der Waals surface area contributed by atoms with Gasteiger partial charge in [0.15, 0.2) is 0 Å². The molecule has 2 nitrogen and oxygen atoms in total. The lowest BCUT2D eigenvalue weighted by atomic mass is 10.1. The molecule has 0 bridgehead atoms. The zero-order valence-corrected chi connectivity index (χ0v) is 14.9. The van der Waals surface area contributed by atoms with Crippen LogP contribution in [-0.4, -0.2) is 35.8 Å². The van der Waals surface area contributed by atoms with Gasteiger partial charge >= 0.3 is 0 Å². The highest BCUT2D eigenvalue weighted by atomic mass is 32.2. The molecule has 0 spiro atoms. The predicted molar refractivity (Wildman–Crippen MR) is 93.7 cm³/mol. The largest absolute Gasteiger partial charge is 0.388 e. The first-order chi connectivity index (χ1) is 9.62. The van der Waals surface area contributed by atoms with Gasteiger partial charge in [-0.15, -0.1) is 0 Å². The molecule has 0 saturated heterocycles. The number of aliphatic hydroxyl groups is 1. The molecule has 0 aliphatic heterocycles. The fraction of sp³-hybridized carbons (Fsp3) is 1.00. The molecule has 2 N–H and O–H groups in total. The Labute approximate surface area is 131 Å². The first-order valence-electron chi connectivity index (χ1n) is 8.54. The first kappa shape index (κ1) is 20.3. The Balaban J connectivity index is 3.13. The Kier molecular flexibility index (Phi) is 14.4. The van der Waals surface area contributed by atoms with E-state index in [1.807, 2.05) is 13.2 Å². The van der Waals surface area contributed by atoms with Gasteiger partial charge in [0.25, 0.3) is 0 Å². The van der Waals surface area contributed by atoms with Crippen LogP contribution in [0.2, 0.25) is 0 Å². The Bertz CT molecular complexity index is 197. The highest BCUT2D eigenvalue weighted by Gasteiger charge is 2.18. The monoisotopic (exact) mass is 303 g/mol. The van der Waals surface area contributed by atoms with E-state index in [2.05, 4.69) is 12.2 Å². The van der Waals surface area contributed by atoms with Crippen LogP contribution in [0.4, 0.5) is 0 Å². The number of nitrogens with one attached hydrogen (secondary N) is 1. The minimum atomic E-state index is -0.558. The maximum atomic E-state index is 9.99. The molecule has 3 heteroatoms. The highest BCUT2D eigenvalue weighted by Crippen LogP contribution is 2.11. The molecule has 0 aromatic rings. The molecule has 0 amide bonds. The third kappa shape index (κ3) is 14.7. The second-order valence-electron chi connectivity index (χ2n) is 6.29. The van der Waals surface area contributed by atoms with Crippen molar-refractivity contribution in [2.45, 2.75) is 83.7 Å². The summed E-state index contributed by atoms with van der Waals surface area (Å²) >= 11 is 1.70. The average molecular weight is 304 g/mol. The quantitative estimate of drug-likeness (QED) is 0.433. The van der Waals surface area contributed by atoms with Gasteiger partial charge in [-0.25, -0.2) is 0 Å². The molecular formula is C17H37NOS. The Hall–Kier alpha value is 0.270. The number of unbranched alkanes of at least 4 members (excludes halogenated alkanes) is 9. The summed E-state index contributed by atoms with van der Waals surface area (Å²) in [5.74, 6) is 0.804. The topological polar surface area (TPSA) is 32.3 Å². The molecule has 1 unspecified atom stereocenters. The van der Waals surface area contributed by atoms with E-state index < -0.39 is 5.60 Å². The molecule has 0 fully saturated rings. The van der Waals surface area contributed by atoms with E-state index in [4.69, 9.17) is 0 Å². The van der Waals surface area contributed by atoms with Gasteiger partial charge in [0.2, 0.25) is 0 Å². The molecule has 0 aliphatic carbocycles. The van der Waals surface area contributed by atoms with E-state index in [0.717, 1.165) is 12.3 Å². The molecule has 0 radical (unpaired) electrons. The molecule has 0 aromatic heterocycles. The van der Waals surface area contributed by atoms with Crippen molar-refractivity contribution < 1.29 is 5.11 Å². The summed E-state index contributed by atoms with van der Waals surface area (Å²) in [7, 11) is 0. The van der Waals surface area contributed by atoms with Crippen molar-refractivity contribution in [2.75, 3.05) is 25.1 Å². The van der Waals surface area contributed by atoms with Crippen LogP contribution in [-0.2, 0) is 0 Å². The molecule has 0 aliphatic rings. The molecule has 0 saturated carbocycles. The molecule has 0 heterocycles. The van der Waals surface area contributed by atoms with Crippen LogP contribution >= 0.6 is 11.8 Å². The Morgan fingerprint density at radius 3 is 1.90 bits per heavy atom. The van der Waals surface area contributed by atoms with Gasteiger partial charge < -0.3 is 10.4 Å². The second-order valence-corrected chi connectivity index (χ2v) is 7.15. The van der Waals surface area contributed by atoms with Gasteiger partial charge in [-0.1, -0.05) is 64.7 Å². The second kappa shape index (κ2) is 14.2. The normalized spacial score (nSPS) is 14.4. The van der Waals surface area contributed by atoms with Crippen LogP contribution < -0.4 is 5.32 Å². The zero-order chi connectivity index (χ0) is 15.1. The maximum absolute atomic E-state index is 9.99. The number of hydrogen-bond donors (Lipinski definition) is 2. The summed E-state index contributed by atoms with van der Waals surface area (Å²) in [6.45, 7) is 5.94. The van der Waals surface area contributed by atoms with E-state index in [-0.39, 0.29) is 0 Å².